The molecule has 2 rings (SSSR count). The molecule has 102 valence electrons. The number of rotatable bonds is 5. The van der Waals surface area contributed by atoms with Crippen molar-refractivity contribution in [1.82, 2.24) is 4.31 Å². The van der Waals surface area contributed by atoms with Gasteiger partial charge in [-0.15, -0.1) is 0 Å². The zero-order chi connectivity index (χ0) is 13.9. The number of hydrogen-bond acceptors (Lipinski definition) is 4. The highest BCUT2D eigenvalue weighted by Crippen LogP contribution is 2.18. The first-order valence-electron chi connectivity index (χ1n) is 5.78. The summed E-state index contributed by atoms with van der Waals surface area (Å²) >= 11 is 0. The Morgan fingerprint density at radius 3 is 2.68 bits per heavy atom. The molecular weight excluding hydrogens is 264 g/mol. The Morgan fingerprint density at radius 2 is 2.05 bits per heavy atom. The Bertz CT molecular complexity index is 634. The lowest BCUT2D eigenvalue weighted by Crippen LogP contribution is -2.22. The molecule has 1 N–H and O–H groups in total. The lowest BCUT2D eigenvalue weighted by molar-refractivity contribution is 0.521. The molecule has 1 aromatic heterocycles. The normalized spacial score (nSPS) is 11.7. The second-order valence-electron chi connectivity index (χ2n) is 4.30. The molecule has 0 aliphatic heterocycles. The van der Waals surface area contributed by atoms with E-state index in [1.54, 1.807) is 30.7 Å². The molecule has 0 aliphatic rings. The Morgan fingerprint density at radius 1 is 1.26 bits per heavy atom. The Balaban J connectivity index is 2.16. The molecule has 0 saturated heterocycles. The van der Waals surface area contributed by atoms with Gasteiger partial charge in [0.1, 0.15) is 0 Å². The second-order valence-corrected chi connectivity index (χ2v) is 6.45. The Labute approximate surface area is 112 Å². The van der Waals surface area contributed by atoms with Gasteiger partial charge in [0.15, 0.2) is 0 Å². The SMILES string of the molecule is CN(C)S(=O)(=O)c1cccc(NCc2ccoc2)c1. The van der Waals surface area contributed by atoms with Gasteiger partial charge in [0, 0.05) is 31.9 Å². The van der Waals surface area contributed by atoms with Crippen LogP contribution in [0.25, 0.3) is 0 Å². The first-order chi connectivity index (χ1) is 9.00. The van der Waals surface area contributed by atoms with Gasteiger partial charge < -0.3 is 9.73 Å². The van der Waals surface area contributed by atoms with Gasteiger partial charge in [-0.25, -0.2) is 12.7 Å². The Hall–Kier alpha value is -1.79. The minimum atomic E-state index is -3.40. The van der Waals surface area contributed by atoms with Gasteiger partial charge in [-0.3, -0.25) is 0 Å². The third kappa shape index (κ3) is 3.15. The van der Waals surface area contributed by atoms with Crippen molar-refractivity contribution < 1.29 is 12.8 Å². The van der Waals surface area contributed by atoms with Crippen LogP contribution in [0.15, 0.2) is 52.2 Å². The first kappa shape index (κ1) is 13.6. The van der Waals surface area contributed by atoms with E-state index in [1.807, 2.05) is 12.1 Å². The van der Waals surface area contributed by atoms with Crippen molar-refractivity contribution >= 4 is 15.7 Å². The summed E-state index contributed by atoms with van der Waals surface area (Å²) < 4.78 is 30.2. The molecule has 6 heteroatoms. The monoisotopic (exact) mass is 280 g/mol. The van der Waals surface area contributed by atoms with Crippen molar-refractivity contribution in [1.29, 1.82) is 0 Å². The average molecular weight is 280 g/mol. The number of sulfonamides is 1. The van der Waals surface area contributed by atoms with Crippen LogP contribution in [0.3, 0.4) is 0 Å². The Kier molecular flexibility index (Phi) is 3.92. The summed E-state index contributed by atoms with van der Waals surface area (Å²) in [4.78, 5) is 0.273. The van der Waals surface area contributed by atoms with Gasteiger partial charge in [-0.05, 0) is 24.3 Å². The van der Waals surface area contributed by atoms with Crippen LogP contribution < -0.4 is 5.32 Å². The van der Waals surface area contributed by atoms with Crippen molar-refractivity contribution in [2.45, 2.75) is 11.4 Å². The maximum Gasteiger partial charge on any atom is 0.242 e. The van der Waals surface area contributed by atoms with E-state index in [0.29, 0.717) is 6.54 Å². The summed E-state index contributed by atoms with van der Waals surface area (Å²) in [5.41, 5.74) is 1.75. The molecular formula is C13H16N2O3S. The summed E-state index contributed by atoms with van der Waals surface area (Å²) in [6.45, 7) is 0.585. The van der Waals surface area contributed by atoms with E-state index in [2.05, 4.69) is 5.32 Å². The fourth-order valence-electron chi connectivity index (χ4n) is 1.57. The van der Waals surface area contributed by atoms with Crippen LogP contribution >= 0.6 is 0 Å². The van der Waals surface area contributed by atoms with Gasteiger partial charge in [-0.1, -0.05) is 6.07 Å². The summed E-state index contributed by atoms with van der Waals surface area (Å²) in [6.07, 6.45) is 3.25. The van der Waals surface area contributed by atoms with Crippen LogP contribution in [0.1, 0.15) is 5.56 Å². The summed E-state index contributed by atoms with van der Waals surface area (Å²) in [6, 6.07) is 8.60. The standard InChI is InChI=1S/C13H16N2O3S/c1-15(2)19(16,17)13-5-3-4-12(8-13)14-9-11-6-7-18-10-11/h3-8,10,14H,9H2,1-2H3. The maximum absolute atomic E-state index is 12.0. The average Bonchev–Trinajstić information content (AvgIpc) is 2.89. The quantitative estimate of drug-likeness (QED) is 0.911. The van der Waals surface area contributed by atoms with Crippen LogP contribution in [-0.2, 0) is 16.6 Å². The molecule has 1 heterocycles. The minimum Gasteiger partial charge on any atom is -0.472 e. The first-order valence-corrected chi connectivity index (χ1v) is 7.22. The molecule has 0 aliphatic carbocycles. The van der Waals surface area contributed by atoms with Crippen molar-refractivity contribution in [3.05, 3.63) is 48.4 Å². The number of nitrogens with one attached hydrogen (secondary N) is 1. The number of furan rings is 1. The van der Waals surface area contributed by atoms with E-state index >= 15 is 0 Å². The van der Waals surface area contributed by atoms with Crippen LogP contribution in [0.4, 0.5) is 5.69 Å². The van der Waals surface area contributed by atoms with Gasteiger partial charge in [0.05, 0.1) is 17.4 Å². The number of benzene rings is 1. The van der Waals surface area contributed by atoms with E-state index in [0.717, 1.165) is 11.3 Å². The van der Waals surface area contributed by atoms with E-state index < -0.39 is 10.0 Å². The molecule has 0 bridgehead atoms. The predicted octanol–water partition coefficient (Wildman–Crippen LogP) is 2.14. The van der Waals surface area contributed by atoms with Gasteiger partial charge in [-0.2, -0.15) is 0 Å². The predicted molar refractivity (Wildman–Crippen MR) is 73.3 cm³/mol. The molecule has 5 nitrogen and oxygen atoms in total. The topological polar surface area (TPSA) is 62.6 Å². The van der Waals surface area contributed by atoms with Gasteiger partial charge in [0.25, 0.3) is 0 Å². The van der Waals surface area contributed by atoms with Gasteiger partial charge >= 0.3 is 0 Å². The van der Waals surface area contributed by atoms with E-state index in [9.17, 15) is 8.42 Å². The van der Waals surface area contributed by atoms with Crippen molar-refractivity contribution in [3.63, 3.8) is 0 Å². The zero-order valence-electron chi connectivity index (χ0n) is 10.8. The lowest BCUT2D eigenvalue weighted by atomic mass is 10.3. The highest BCUT2D eigenvalue weighted by molar-refractivity contribution is 7.89. The molecule has 0 fully saturated rings. The summed E-state index contributed by atoms with van der Waals surface area (Å²) in [5, 5.41) is 3.16. The molecule has 19 heavy (non-hydrogen) atoms. The third-order valence-corrected chi connectivity index (χ3v) is 4.50. The number of anilines is 1. The largest absolute Gasteiger partial charge is 0.472 e. The molecule has 0 radical (unpaired) electrons. The van der Waals surface area contributed by atoms with Gasteiger partial charge in [0.2, 0.25) is 10.0 Å². The molecule has 0 amide bonds. The molecule has 0 saturated carbocycles. The smallest absolute Gasteiger partial charge is 0.242 e. The highest BCUT2D eigenvalue weighted by Gasteiger charge is 2.16. The van der Waals surface area contributed by atoms with Crippen LogP contribution in [0.5, 0.6) is 0 Å². The lowest BCUT2D eigenvalue weighted by Gasteiger charge is -2.12. The van der Waals surface area contributed by atoms with Crippen LogP contribution in [0.2, 0.25) is 0 Å². The van der Waals surface area contributed by atoms with Crippen LogP contribution in [-0.4, -0.2) is 26.8 Å². The number of hydrogen-bond donors (Lipinski definition) is 1. The fraction of sp³-hybridized carbons (Fsp3) is 0.231. The van der Waals surface area contributed by atoms with Crippen LogP contribution in [0, 0.1) is 0 Å². The van der Waals surface area contributed by atoms with Crippen molar-refractivity contribution in [2.75, 3.05) is 19.4 Å². The molecule has 2 aromatic rings. The minimum absolute atomic E-state index is 0.273. The number of nitrogens with zero attached hydrogens (tertiary/aromatic N) is 1. The molecule has 1 aromatic carbocycles. The van der Waals surface area contributed by atoms with E-state index in [4.69, 9.17) is 4.42 Å². The highest BCUT2D eigenvalue weighted by atomic mass is 32.2. The third-order valence-electron chi connectivity index (χ3n) is 2.69. The summed E-state index contributed by atoms with van der Waals surface area (Å²) in [5.74, 6) is 0. The summed E-state index contributed by atoms with van der Waals surface area (Å²) in [7, 11) is -0.367. The zero-order valence-corrected chi connectivity index (χ0v) is 11.6. The second kappa shape index (κ2) is 5.46. The molecule has 0 atom stereocenters. The van der Waals surface area contributed by atoms with Crippen molar-refractivity contribution in [2.24, 2.45) is 0 Å². The molecule has 0 spiro atoms. The fourth-order valence-corrected chi connectivity index (χ4v) is 2.52. The van der Waals surface area contributed by atoms with E-state index in [1.165, 1.54) is 18.4 Å². The maximum atomic E-state index is 12.0. The molecule has 0 unspecified atom stereocenters. The van der Waals surface area contributed by atoms with E-state index in [-0.39, 0.29) is 4.90 Å². The van der Waals surface area contributed by atoms with Crippen molar-refractivity contribution in [3.8, 4) is 0 Å².